The van der Waals surface area contributed by atoms with Crippen LogP contribution in [0, 0.1) is 5.82 Å². The molecule has 3 aromatic rings. The molecule has 0 aliphatic rings. The van der Waals surface area contributed by atoms with Crippen LogP contribution in [-0.4, -0.2) is 21.9 Å². The van der Waals surface area contributed by atoms with Crippen molar-refractivity contribution < 1.29 is 9.13 Å². The van der Waals surface area contributed by atoms with Crippen molar-refractivity contribution in [3.05, 3.63) is 64.5 Å². The van der Waals surface area contributed by atoms with E-state index in [9.17, 15) is 9.18 Å². The van der Waals surface area contributed by atoms with Crippen molar-refractivity contribution in [1.82, 2.24) is 9.55 Å². The molecule has 4 nitrogen and oxygen atoms in total. The first-order valence-electron chi connectivity index (χ1n) is 7.30. The summed E-state index contributed by atoms with van der Waals surface area (Å²) in [5.41, 5.74) is -0.0707. The normalized spacial score (nSPS) is 10.9. The quantitative estimate of drug-likeness (QED) is 0.276. The van der Waals surface area contributed by atoms with Crippen molar-refractivity contribution in [2.45, 2.75) is 11.7 Å². The first kappa shape index (κ1) is 16.7. The highest BCUT2D eigenvalue weighted by atomic mass is 32.2. The average Bonchev–Trinajstić information content (AvgIpc) is 3.05. The smallest absolute Gasteiger partial charge is 0.263 e. The highest BCUT2D eigenvalue weighted by molar-refractivity contribution is 7.99. The summed E-state index contributed by atoms with van der Waals surface area (Å²) in [6, 6.07) is 8.06. The number of thiophene rings is 1. The molecular weight excluding hydrogens is 347 g/mol. The summed E-state index contributed by atoms with van der Waals surface area (Å²) >= 11 is 2.84. The highest BCUT2D eigenvalue weighted by Crippen LogP contribution is 2.22. The van der Waals surface area contributed by atoms with Crippen LogP contribution in [0.15, 0.2) is 58.3 Å². The molecule has 2 aromatic heterocycles. The molecule has 2 heterocycles. The lowest BCUT2D eigenvalue weighted by atomic mass is 10.3. The maximum absolute atomic E-state index is 13.5. The second-order valence-electron chi connectivity index (χ2n) is 4.87. The predicted octanol–water partition coefficient (Wildman–Crippen LogP) is 3.95. The van der Waals surface area contributed by atoms with Gasteiger partial charge in [-0.3, -0.25) is 9.36 Å². The Morgan fingerprint density at radius 3 is 3.00 bits per heavy atom. The molecule has 0 aliphatic heterocycles. The summed E-state index contributed by atoms with van der Waals surface area (Å²) < 4.78 is 20.5. The molecule has 0 amide bonds. The number of hydrogen-bond acceptors (Lipinski definition) is 5. The van der Waals surface area contributed by atoms with Gasteiger partial charge in [0.05, 0.1) is 12.0 Å². The van der Waals surface area contributed by atoms with E-state index in [1.807, 2.05) is 5.38 Å². The number of thioether (sulfide) groups is 1. The van der Waals surface area contributed by atoms with Crippen molar-refractivity contribution in [3.8, 4) is 5.75 Å². The zero-order valence-corrected chi connectivity index (χ0v) is 14.4. The standard InChI is InChI=1S/C17H15FN2O2S2/c1-2-8-20-16(21)12-7-10-23-15(12)19-17(20)24-11-9-22-14-6-4-3-5-13(14)18/h2-7,10H,1,8-9,11H2. The molecule has 1 aromatic carbocycles. The van der Waals surface area contributed by atoms with Crippen molar-refractivity contribution in [2.24, 2.45) is 0 Å². The van der Waals surface area contributed by atoms with Gasteiger partial charge in [-0.05, 0) is 23.6 Å². The van der Waals surface area contributed by atoms with E-state index in [0.717, 1.165) is 4.83 Å². The zero-order chi connectivity index (χ0) is 16.9. The van der Waals surface area contributed by atoms with Gasteiger partial charge >= 0.3 is 0 Å². The largest absolute Gasteiger partial charge is 0.490 e. The van der Waals surface area contributed by atoms with Gasteiger partial charge in [-0.25, -0.2) is 9.37 Å². The van der Waals surface area contributed by atoms with Gasteiger partial charge in [-0.15, -0.1) is 17.9 Å². The minimum absolute atomic E-state index is 0.0707. The van der Waals surface area contributed by atoms with E-state index in [1.54, 1.807) is 34.9 Å². The number of para-hydroxylation sites is 1. The fourth-order valence-corrected chi connectivity index (χ4v) is 3.81. The summed E-state index contributed by atoms with van der Waals surface area (Å²) in [7, 11) is 0. The van der Waals surface area contributed by atoms with Gasteiger partial charge in [0.25, 0.3) is 5.56 Å². The van der Waals surface area contributed by atoms with Crippen molar-refractivity contribution in [1.29, 1.82) is 0 Å². The Bertz CT molecular complexity index is 920. The van der Waals surface area contributed by atoms with Gasteiger partial charge in [-0.2, -0.15) is 0 Å². The number of fused-ring (bicyclic) bond motifs is 1. The molecule has 0 radical (unpaired) electrons. The molecule has 0 saturated heterocycles. The van der Waals surface area contributed by atoms with Gasteiger partial charge in [0.1, 0.15) is 4.83 Å². The van der Waals surface area contributed by atoms with E-state index in [2.05, 4.69) is 11.6 Å². The fraction of sp³-hybridized carbons (Fsp3) is 0.176. The summed E-state index contributed by atoms with van der Waals surface area (Å²) in [4.78, 5) is 17.8. The number of ether oxygens (including phenoxy) is 1. The predicted molar refractivity (Wildman–Crippen MR) is 96.7 cm³/mol. The average molecular weight is 362 g/mol. The van der Waals surface area contributed by atoms with Crippen LogP contribution in [0.25, 0.3) is 10.2 Å². The Hall–Kier alpha value is -2.12. The van der Waals surface area contributed by atoms with Crippen LogP contribution in [0.4, 0.5) is 4.39 Å². The fourth-order valence-electron chi connectivity index (χ4n) is 2.18. The molecule has 0 N–H and O–H groups in total. The van der Waals surface area contributed by atoms with Gasteiger partial charge < -0.3 is 4.74 Å². The number of hydrogen-bond donors (Lipinski definition) is 0. The molecule has 0 atom stereocenters. The van der Waals surface area contributed by atoms with Crippen LogP contribution in [0.5, 0.6) is 5.75 Å². The lowest BCUT2D eigenvalue weighted by Gasteiger charge is -2.10. The lowest BCUT2D eigenvalue weighted by molar-refractivity contribution is 0.325. The minimum atomic E-state index is -0.385. The van der Waals surface area contributed by atoms with Crippen LogP contribution >= 0.6 is 23.1 Å². The topological polar surface area (TPSA) is 44.1 Å². The summed E-state index contributed by atoms with van der Waals surface area (Å²) in [6.07, 6.45) is 1.67. The molecule has 7 heteroatoms. The van der Waals surface area contributed by atoms with Crippen molar-refractivity contribution in [3.63, 3.8) is 0 Å². The van der Waals surface area contributed by atoms with Crippen molar-refractivity contribution >= 4 is 33.3 Å². The maximum Gasteiger partial charge on any atom is 0.263 e. The van der Waals surface area contributed by atoms with Crippen LogP contribution < -0.4 is 10.3 Å². The number of benzene rings is 1. The highest BCUT2D eigenvalue weighted by Gasteiger charge is 2.11. The summed E-state index contributed by atoms with van der Waals surface area (Å²) in [5, 5.41) is 3.09. The summed E-state index contributed by atoms with van der Waals surface area (Å²) in [6.45, 7) is 4.41. The summed E-state index contributed by atoms with van der Waals surface area (Å²) in [5.74, 6) is 0.391. The first-order valence-corrected chi connectivity index (χ1v) is 9.16. The second kappa shape index (κ2) is 7.63. The van der Waals surface area contributed by atoms with E-state index in [1.165, 1.54) is 29.2 Å². The Kier molecular flexibility index (Phi) is 5.32. The molecule has 124 valence electrons. The Morgan fingerprint density at radius 1 is 1.38 bits per heavy atom. The number of nitrogens with zero attached hydrogens (tertiary/aromatic N) is 2. The molecule has 0 unspecified atom stereocenters. The molecule has 0 bridgehead atoms. The van der Waals surface area contributed by atoms with E-state index in [-0.39, 0.29) is 17.1 Å². The van der Waals surface area contributed by atoms with Crippen LogP contribution in [0.1, 0.15) is 0 Å². The monoisotopic (exact) mass is 362 g/mol. The molecule has 0 fully saturated rings. The van der Waals surface area contributed by atoms with Crippen LogP contribution in [-0.2, 0) is 6.54 Å². The van der Waals surface area contributed by atoms with Crippen LogP contribution in [0.2, 0.25) is 0 Å². The van der Waals surface area contributed by atoms with Crippen molar-refractivity contribution in [2.75, 3.05) is 12.4 Å². The molecule has 0 saturated carbocycles. The molecular formula is C17H15FN2O2S2. The van der Waals surface area contributed by atoms with Gasteiger partial charge in [0.2, 0.25) is 0 Å². The zero-order valence-electron chi connectivity index (χ0n) is 12.8. The third-order valence-electron chi connectivity index (χ3n) is 3.27. The first-order chi connectivity index (χ1) is 11.7. The SMILES string of the molecule is C=CCn1c(SCCOc2ccccc2F)nc2sccc2c1=O. The number of aromatic nitrogens is 2. The lowest BCUT2D eigenvalue weighted by Crippen LogP contribution is -2.22. The molecule has 24 heavy (non-hydrogen) atoms. The third-order valence-corrected chi connectivity index (χ3v) is 5.02. The number of rotatable bonds is 7. The molecule has 3 rings (SSSR count). The van der Waals surface area contributed by atoms with Gasteiger partial charge in [0, 0.05) is 12.3 Å². The van der Waals surface area contributed by atoms with Gasteiger partial charge in [0.15, 0.2) is 16.7 Å². The molecule has 0 spiro atoms. The number of halogens is 1. The minimum Gasteiger partial charge on any atom is -0.490 e. The third kappa shape index (κ3) is 3.52. The van der Waals surface area contributed by atoms with E-state index < -0.39 is 0 Å². The maximum atomic E-state index is 13.5. The Balaban J connectivity index is 1.72. The van der Waals surface area contributed by atoms with Crippen LogP contribution in [0.3, 0.4) is 0 Å². The Morgan fingerprint density at radius 2 is 2.21 bits per heavy atom. The van der Waals surface area contributed by atoms with E-state index >= 15 is 0 Å². The Labute approximate surface area is 146 Å². The van der Waals surface area contributed by atoms with E-state index in [4.69, 9.17) is 4.74 Å². The molecule has 0 aliphatic carbocycles. The second-order valence-corrected chi connectivity index (χ2v) is 6.82. The van der Waals surface area contributed by atoms with E-state index in [0.29, 0.717) is 29.4 Å². The number of allylic oxidation sites excluding steroid dienone is 1. The van der Waals surface area contributed by atoms with Gasteiger partial charge in [-0.1, -0.05) is 30.0 Å².